The summed E-state index contributed by atoms with van der Waals surface area (Å²) in [5, 5.41) is 12.9. The van der Waals surface area contributed by atoms with Crippen LogP contribution in [0.2, 0.25) is 0 Å². The van der Waals surface area contributed by atoms with E-state index in [2.05, 4.69) is 16.2 Å². The number of rotatable bonds is 3. The van der Waals surface area contributed by atoms with Gasteiger partial charge in [0, 0.05) is 13.2 Å². The third kappa shape index (κ3) is 2.25. The van der Waals surface area contributed by atoms with Crippen LogP contribution in [-0.4, -0.2) is 21.8 Å². The average molecular weight is 280 g/mol. The lowest BCUT2D eigenvalue weighted by Crippen LogP contribution is -1.90. The summed E-state index contributed by atoms with van der Waals surface area (Å²) in [6.07, 6.45) is 1.71. The van der Waals surface area contributed by atoms with E-state index in [-0.39, 0.29) is 0 Å². The van der Waals surface area contributed by atoms with Gasteiger partial charge >= 0.3 is 0 Å². The number of aromatic nitrogens is 3. The van der Waals surface area contributed by atoms with Gasteiger partial charge in [0.25, 0.3) is 5.89 Å². The Bertz CT molecular complexity index is 826. The maximum Gasteiger partial charge on any atom is 0.274 e. The summed E-state index contributed by atoms with van der Waals surface area (Å²) in [7, 11) is 3.42. The van der Waals surface area contributed by atoms with Crippen LogP contribution in [0.3, 0.4) is 0 Å². The van der Waals surface area contributed by atoms with Gasteiger partial charge in [-0.15, -0.1) is 0 Å². The largest absolute Gasteiger partial charge is 0.496 e. The molecule has 0 aliphatic carbocycles. The minimum atomic E-state index is 0.361. The zero-order valence-electron chi connectivity index (χ0n) is 11.6. The molecule has 6 heteroatoms. The molecule has 0 saturated heterocycles. The van der Waals surface area contributed by atoms with Crippen molar-refractivity contribution in [1.82, 2.24) is 14.7 Å². The second kappa shape index (κ2) is 5.13. The first kappa shape index (κ1) is 12.9. The minimum Gasteiger partial charge on any atom is -0.496 e. The molecule has 0 bridgehead atoms. The van der Waals surface area contributed by atoms with Crippen LogP contribution < -0.4 is 4.74 Å². The van der Waals surface area contributed by atoms with E-state index in [1.807, 2.05) is 31.3 Å². The summed E-state index contributed by atoms with van der Waals surface area (Å²) in [4.78, 5) is 4.38. The third-order valence-electron chi connectivity index (χ3n) is 3.13. The van der Waals surface area contributed by atoms with E-state index in [1.165, 1.54) is 0 Å². The molecular weight excluding hydrogens is 268 g/mol. The maximum absolute atomic E-state index is 8.93. The highest BCUT2D eigenvalue weighted by atomic mass is 16.5. The second-order valence-corrected chi connectivity index (χ2v) is 4.46. The summed E-state index contributed by atoms with van der Waals surface area (Å²) in [6.45, 7) is 0. The first-order chi connectivity index (χ1) is 10.2. The fourth-order valence-electron chi connectivity index (χ4n) is 2.10. The fourth-order valence-corrected chi connectivity index (χ4v) is 2.10. The van der Waals surface area contributed by atoms with Crippen LogP contribution in [0, 0.1) is 11.3 Å². The van der Waals surface area contributed by atoms with Crippen LogP contribution in [0.4, 0.5) is 0 Å². The molecule has 1 aromatic carbocycles. The quantitative estimate of drug-likeness (QED) is 0.737. The lowest BCUT2D eigenvalue weighted by molar-refractivity contribution is 0.413. The molecule has 0 aliphatic rings. The summed E-state index contributed by atoms with van der Waals surface area (Å²) >= 11 is 0. The Morgan fingerprint density at radius 2 is 2.14 bits per heavy atom. The van der Waals surface area contributed by atoms with Gasteiger partial charge in [0.2, 0.25) is 5.82 Å². The Hall–Kier alpha value is -3.07. The van der Waals surface area contributed by atoms with Crippen molar-refractivity contribution in [3.8, 4) is 34.8 Å². The summed E-state index contributed by atoms with van der Waals surface area (Å²) < 4.78 is 12.4. The number of hydrogen-bond acceptors (Lipinski definition) is 5. The summed E-state index contributed by atoms with van der Waals surface area (Å²) in [5.41, 5.74) is 1.99. The molecule has 2 heterocycles. The normalized spacial score (nSPS) is 10.3. The van der Waals surface area contributed by atoms with Crippen molar-refractivity contribution in [3.05, 3.63) is 42.1 Å². The van der Waals surface area contributed by atoms with E-state index in [1.54, 1.807) is 23.9 Å². The molecule has 0 N–H and O–H groups in total. The molecule has 0 unspecified atom stereocenters. The molecule has 0 radical (unpaired) electrons. The van der Waals surface area contributed by atoms with Crippen molar-refractivity contribution < 1.29 is 9.26 Å². The van der Waals surface area contributed by atoms with Crippen molar-refractivity contribution in [3.63, 3.8) is 0 Å². The SMILES string of the molecule is COc1ccccc1-c1noc(-c2cc(C#N)cn2C)n1. The van der Waals surface area contributed by atoms with E-state index < -0.39 is 0 Å². The van der Waals surface area contributed by atoms with Crippen molar-refractivity contribution >= 4 is 0 Å². The standard InChI is InChI=1S/C15H12N4O2/c1-19-9-10(8-16)7-12(19)15-17-14(18-21-15)11-5-3-4-6-13(11)20-2/h3-7,9H,1-2H3. The van der Waals surface area contributed by atoms with E-state index in [0.29, 0.717) is 28.7 Å². The predicted octanol–water partition coefficient (Wildman–Crippen LogP) is 2.62. The van der Waals surface area contributed by atoms with Crippen molar-refractivity contribution in [2.75, 3.05) is 7.11 Å². The van der Waals surface area contributed by atoms with Gasteiger partial charge < -0.3 is 13.8 Å². The molecule has 104 valence electrons. The van der Waals surface area contributed by atoms with Crippen LogP contribution in [-0.2, 0) is 7.05 Å². The third-order valence-corrected chi connectivity index (χ3v) is 3.13. The van der Waals surface area contributed by atoms with Crippen LogP contribution in [0.5, 0.6) is 5.75 Å². The van der Waals surface area contributed by atoms with Gasteiger partial charge in [0.15, 0.2) is 0 Å². The smallest absolute Gasteiger partial charge is 0.274 e. The highest BCUT2D eigenvalue weighted by molar-refractivity contribution is 5.65. The van der Waals surface area contributed by atoms with Crippen LogP contribution in [0.15, 0.2) is 41.1 Å². The van der Waals surface area contributed by atoms with E-state index in [9.17, 15) is 0 Å². The maximum atomic E-state index is 8.93. The Labute approximate surface area is 121 Å². The molecule has 0 saturated carbocycles. The molecule has 6 nitrogen and oxygen atoms in total. The number of ether oxygens (including phenoxy) is 1. The zero-order chi connectivity index (χ0) is 14.8. The van der Waals surface area contributed by atoms with Gasteiger partial charge in [0.1, 0.15) is 17.5 Å². The Kier molecular flexibility index (Phi) is 3.16. The molecule has 2 aromatic heterocycles. The Morgan fingerprint density at radius 3 is 2.86 bits per heavy atom. The first-order valence-electron chi connectivity index (χ1n) is 6.27. The monoisotopic (exact) mass is 280 g/mol. The lowest BCUT2D eigenvalue weighted by Gasteiger charge is -2.03. The average Bonchev–Trinajstić information content (AvgIpc) is 3.13. The lowest BCUT2D eigenvalue weighted by atomic mass is 10.2. The highest BCUT2D eigenvalue weighted by Gasteiger charge is 2.16. The Balaban J connectivity index is 2.04. The highest BCUT2D eigenvalue weighted by Crippen LogP contribution is 2.29. The summed E-state index contributed by atoms with van der Waals surface area (Å²) in [6, 6.07) is 11.2. The molecule has 0 amide bonds. The van der Waals surface area contributed by atoms with Crippen molar-refractivity contribution in [2.24, 2.45) is 7.05 Å². The van der Waals surface area contributed by atoms with Gasteiger partial charge in [-0.1, -0.05) is 17.3 Å². The number of benzene rings is 1. The molecule has 0 atom stereocenters. The first-order valence-corrected chi connectivity index (χ1v) is 6.27. The van der Waals surface area contributed by atoms with E-state index >= 15 is 0 Å². The number of nitrogens with zero attached hydrogens (tertiary/aromatic N) is 4. The molecule has 0 spiro atoms. The molecule has 21 heavy (non-hydrogen) atoms. The molecule has 3 aromatic rings. The van der Waals surface area contributed by atoms with E-state index in [0.717, 1.165) is 5.56 Å². The zero-order valence-corrected chi connectivity index (χ0v) is 11.6. The fraction of sp³-hybridized carbons (Fsp3) is 0.133. The number of hydrogen-bond donors (Lipinski definition) is 0. The van der Waals surface area contributed by atoms with Crippen molar-refractivity contribution in [1.29, 1.82) is 5.26 Å². The topological polar surface area (TPSA) is 76.9 Å². The van der Waals surface area contributed by atoms with Gasteiger partial charge in [-0.25, -0.2) is 0 Å². The van der Waals surface area contributed by atoms with Crippen LogP contribution in [0.25, 0.3) is 23.0 Å². The van der Waals surface area contributed by atoms with Gasteiger partial charge in [-0.2, -0.15) is 10.2 Å². The summed E-state index contributed by atoms with van der Waals surface area (Å²) in [5.74, 6) is 1.48. The van der Waals surface area contributed by atoms with Gasteiger partial charge in [-0.3, -0.25) is 0 Å². The molecule has 0 aliphatic heterocycles. The minimum absolute atomic E-state index is 0.361. The molecular formula is C15H12N4O2. The van der Waals surface area contributed by atoms with Gasteiger partial charge in [-0.05, 0) is 18.2 Å². The molecule has 3 rings (SSSR count). The predicted molar refractivity (Wildman–Crippen MR) is 75.4 cm³/mol. The molecule has 0 fully saturated rings. The van der Waals surface area contributed by atoms with Crippen molar-refractivity contribution in [2.45, 2.75) is 0 Å². The van der Waals surface area contributed by atoms with Gasteiger partial charge in [0.05, 0.1) is 18.2 Å². The number of para-hydroxylation sites is 1. The van der Waals surface area contributed by atoms with Crippen LogP contribution in [0.1, 0.15) is 5.56 Å². The van der Waals surface area contributed by atoms with E-state index in [4.69, 9.17) is 14.5 Å². The number of nitriles is 1. The second-order valence-electron chi connectivity index (χ2n) is 4.46. The number of methoxy groups -OCH3 is 1. The number of aryl methyl sites for hydroxylation is 1. The Morgan fingerprint density at radius 1 is 1.33 bits per heavy atom. The van der Waals surface area contributed by atoms with Crippen LogP contribution >= 0.6 is 0 Å².